The van der Waals surface area contributed by atoms with E-state index in [0.717, 1.165) is 11.1 Å². The van der Waals surface area contributed by atoms with Crippen molar-refractivity contribution in [2.24, 2.45) is 0 Å². The van der Waals surface area contributed by atoms with Crippen molar-refractivity contribution in [2.45, 2.75) is 24.7 Å². The van der Waals surface area contributed by atoms with Crippen LogP contribution in [0, 0.1) is 6.92 Å². The zero-order chi connectivity index (χ0) is 16.9. The van der Waals surface area contributed by atoms with E-state index in [1.165, 1.54) is 0 Å². The second kappa shape index (κ2) is 7.28. The Kier molecular flexibility index (Phi) is 5.39. The fraction of sp³-hybridized carbons (Fsp3) is 0.235. The fourth-order valence-electron chi connectivity index (χ4n) is 2.10. The molecule has 2 rings (SSSR count). The Bertz CT molecular complexity index is 784. The van der Waals surface area contributed by atoms with E-state index in [1.54, 1.807) is 49.5 Å². The molecule has 2 aromatic carbocycles. The Morgan fingerprint density at radius 2 is 1.78 bits per heavy atom. The summed E-state index contributed by atoms with van der Waals surface area (Å²) in [5.74, 6) is -0.0457. The minimum Gasteiger partial charge on any atom is -0.359 e. The van der Waals surface area contributed by atoms with E-state index in [1.807, 2.05) is 13.0 Å². The van der Waals surface area contributed by atoms with Crippen LogP contribution in [0.4, 0.5) is 5.69 Å². The maximum atomic E-state index is 12.4. The van der Waals surface area contributed by atoms with Gasteiger partial charge in [0.1, 0.15) is 0 Å². The minimum absolute atomic E-state index is 0.0457. The molecule has 5 nitrogen and oxygen atoms in total. The molecule has 6 heteroatoms. The number of rotatable bonds is 6. The smallest absolute Gasteiger partial charge is 0.261 e. The Balaban J connectivity index is 2.13. The third-order valence-corrected chi connectivity index (χ3v) is 4.83. The van der Waals surface area contributed by atoms with E-state index in [4.69, 9.17) is 0 Å². The maximum absolute atomic E-state index is 12.4. The van der Waals surface area contributed by atoms with Crippen LogP contribution in [0.3, 0.4) is 0 Å². The molecule has 0 aliphatic rings. The molecule has 0 heterocycles. The lowest BCUT2D eigenvalue weighted by molar-refractivity contribution is -0.120. The zero-order valence-electron chi connectivity index (χ0n) is 13.2. The molecule has 0 saturated carbocycles. The van der Waals surface area contributed by atoms with Crippen molar-refractivity contribution in [1.82, 2.24) is 5.32 Å². The maximum Gasteiger partial charge on any atom is 0.261 e. The van der Waals surface area contributed by atoms with E-state index in [-0.39, 0.29) is 10.8 Å². The highest BCUT2D eigenvalue weighted by atomic mass is 32.2. The number of carbonyl (C=O) groups excluding carboxylic acids is 1. The van der Waals surface area contributed by atoms with Crippen LogP contribution in [0.2, 0.25) is 0 Å². The summed E-state index contributed by atoms with van der Waals surface area (Å²) < 4.78 is 27.3. The van der Waals surface area contributed by atoms with Crippen molar-refractivity contribution >= 4 is 21.6 Å². The van der Waals surface area contributed by atoms with Crippen LogP contribution in [-0.4, -0.2) is 21.4 Å². The highest BCUT2D eigenvalue weighted by molar-refractivity contribution is 7.92. The first-order chi connectivity index (χ1) is 10.9. The molecule has 23 heavy (non-hydrogen) atoms. The summed E-state index contributed by atoms with van der Waals surface area (Å²) in [5.41, 5.74) is 2.39. The number of hydrogen-bond acceptors (Lipinski definition) is 3. The van der Waals surface area contributed by atoms with Gasteiger partial charge in [-0.2, -0.15) is 0 Å². The van der Waals surface area contributed by atoms with Crippen LogP contribution in [-0.2, 0) is 21.2 Å². The highest BCUT2D eigenvalue weighted by Crippen LogP contribution is 2.18. The van der Waals surface area contributed by atoms with Gasteiger partial charge in [0.2, 0.25) is 5.91 Å². The molecule has 1 amide bonds. The lowest BCUT2D eigenvalue weighted by atomic mass is 10.1. The van der Waals surface area contributed by atoms with E-state index in [9.17, 15) is 13.2 Å². The molecule has 0 fully saturated rings. The molecule has 2 N–H and O–H groups in total. The second-order valence-corrected chi connectivity index (χ2v) is 6.97. The summed E-state index contributed by atoms with van der Waals surface area (Å²) in [6.45, 7) is 1.90. The number of aryl methyl sites for hydroxylation is 2. The molecule has 0 aliphatic carbocycles. The first-order valence-electron chi connectivity index (χ1n) is 7.30. The topological polar surface area (TPSA) is 75.3 Å². The van der Waals surface area contributed by atoms with Gasteiger partial charge in [-0.05, 0) is 43.2 Å². The number of benzene rings is 2. The largest absolute Gasteiger partial charge is 0.359 e. The molecule has 0 atom stereocenters. The molecule has 2 aromatic rings. The molecule has 0 spiro atoms. The van der Waals surface area contributed by atoms with Gasteiger partial charge in [0.05, 0.1) is 4.90 Å². The van der Waals surface area contributed by atoms with Crippen molar-refractivity contribution in [1.29, 1.82) is 0 Å². The molecule has 122 valence electrons. The van der Waals surface area contributed by atoms with Gasteiger partial charge in [-0.3, -0.25) is 9.52 Å². The average molecular weight is 332 g/mol. The quantitative estimate of drug-likeness (QED) is 0.853. The Morgan fingerprint density at radius 1 is 1.09 bits per heavy atom. The van der Waals surface area contributed by atoms with E-state index < -0.39 is 10.0 Å². The number of carbonyl (C=O) groups is 1. The van der Waals surface area contributed by atoms with Crippen LogP contribution >= 0.6 is 0 Å². The molecular formula is C17H20N2O3S. The van der Waals surface area contributed by atoms with Crippen LogP contribution in [0.15, 0.2) is 53.4 Å². The Hall–Kier alpha value is -2.34. The monoisotopic (exact) mass is 332 g/mol. The number of hydrogen-bond donors (Lipinski definition) is 2. The van der Waals surface area contributed by atoms with Gasteiger partial charge in [0, 0.05) is 19.2 Å². The summed E-state index contributed by atoms with van der Waals surface area (Å²) in [7, 11) is -2.02. The summed E-state index contributed by atoms with van der Waals surface area (Å²) in [6, 6.07) is 13.7. The lowest BCUT2D eigenvalue weighted by Crippen LogP contribution is -2.18. The van der Waals surface area contributed by atoms with Crippen LogP contribution in [0.5, 0.6) is 0 Å². The molecule has 0 aromatic heterocycles. The van der Waals surface area contributed by atoms with Crippen molar-refractivity contribution in [3.8, 4) is 0 Å². The van der Waals surface area contributed by atoms with E-state index in [2.05, 4.69) is 10.0 Å². The van der Waals surface area contributed by atoms with E-state index >= 15 is 0 Å². The van der Waals surface area contributed by atoms with Crippen LogP contribution in [0.1, 0.15) is 17.5 Å². The molecule has 0 bridgehead atoms. The molecule has 0 unspecified atom stereocenters. The normalized spacial score (nSPS) is 11.0. The third-order valence-electron chi connectivity index (χ3n) is 3.43. The zero-order valence-corrected chi connectivity index (χ0v) is 14.0. The van der Waals surface area contributed by atoms with Crippen molar-refractivity contribution < 1.29 is 13.2 Å². The first kappa shape index (κ1) is 17.0. The SMILES string of the molecule is CNC(=O)CCc1cccc(NS(=O)(=O)c2ccc(C)cc2)c1. The van der Waals surface area contributed by atoms with Gasteiger partial charge >= 0.3 is 0 Å². The van der Waals surface area contributed by atoms with Gasteiger partial charge < -0.3 is 5.32 Å². The summed E-state index contributed by atoms with van der Waals surface area (Å²) in [5, 5.41) is 2.56. The predicted molar refractivity (Wildman–Crippen MR) is 90.8 cm³/mol. The minimum atomic E-state index is -3.61. The molecular weight excluding hydrogens is 312 g/mol. The molecule has 0 saturated heterocycles. The van der Waals surface area contributed by atoms with Gasteiger partial charge in [-0.1, -0.05) is 29.8 Å². The van der Waals surface area contributed by atoms with Crippen molar-refractivity contribution in [3.63, 3.8) is 0 Å². The van der Waals surface area contributed by atoms with Gasteiger partial charge in [-0.15, -0.1) is 0 Å². The molecule has 0 radical (unpaired) electrons. The fourth-order valence-corrected chi connectivity index (χ4v) is 3.15. The summed E-state index contributed by atoms with van der Waals surface area (Å²) in [6.07, 6.45) is 0.921. The van der Waals surface area contributed by atoms with E-state index in [0.29, 0.717) is 18.5 Å². The number of sulfonamides is 1. The number of nitrogens with one attached hydrogen (secondary N) is 2. The number of amides is 1. The third kappa shape index (κ3) is 4.82. The second-order valence-electron chi connectivity index (χ2n) is 5.29. The highest BCUT2D eigenvalue weighted by Gasteiger charge is 2.14. The standard InChI is InChI=1S/C17H20N2O3S/c1-13-6-9-16(10-7-13)23(21,22)19-15-5-3-4-14(12-15)8-11-17(20)18-2/h3-7,9-10,12,19H,8,11H2,1-2H3,(H,18,20). The van der Waals surface area contributed by atoms with Gasteiger partial charge in [0.15, 0.2) is 0 Å². The Morgan fingerprint density at radius 3 is 2.43 bits per heavy atom. The summed E-state index contributed by atoms with van der Waals surface area (Å²) in [4.78, 5) is 11.5. The van der Waals surface area contributed by atoms with Crippen molar-refractivity contribution in [2.75, 3.05) is 11.8 Å². The first-order valence-corrected chi connectivity index (χ1v) is 8.78. The van der Waals surface area contributed by atoms with Gasteiger partial charge in [-0.25, -0.2) is 8.42 Å². The number of anilines is 1. The van der Waals surface area contributed by atoms with Crippen molar-refractivity contribution in [3.05, 3.63) is 59.7 Å². The summed E-state index contributed by atoms with van der Waals surface area (Å²) >= 11 is 0. The Labute approximate surface area is 136 Å². The molecule has 0 aliphatic heterocycles. The van der Waals surface area contributed by atoms with Crippen LogP contribution < -0.4 is 10.0 Å². The van der Waals surface area contributed by atoms with Gasteiger partial charge in [0.25, 0.3) is 10.0 Å². The lowest BCUT2D eigenvalue weighted by Gasteiger charge is -2.10. The van der Waals surface area contributed by atoms with Crippen LogP contribution in [0.25, 0.3) is 0 Å². The average Bonchev–Trinajstić information content (AvgIpc) is 2.53. The predicted octanol–water partition coefficient (Wildman–Crippen LogP) is 2.47.